The van der Waals surface area contributed by atoms with Crippen LogP contribution < -0.4 is 10.1 Å². The first-order valence-corrected chi connectivity index (χ1v) is 8.35. The Morgan fingerprint density at radius 2 is 2.24 bits per heavy atom. The molecular weight excluding hydrogens is 304 g/mol. The topological polar surface area (TPSA) is 24.5 Å². The van der Waals surface area contributed by atoms with E-state index in [0.717, 1.165) is 37.0 Å². The van der Waals surface area contributed by atoms with Gasteiger partial charge in [0.15, 0.2) is 0 Å². The quantitative estimate of drug-likeness (QED) is 0.931. The van der Waals surface area contributed by atoms with Gasteiger partial charge < -0.3 is 10.1 Å². The second kappa shape index (κ2) is 6.79. The molecule has 1 unspecified atom stereocenters. The van der Waals surface area contributed by atoms with Crippen molar-refractivity contribution in [1.82, 2.24) is 10.2 Å². The van der Waals surface area contributed by atoms with Gasteiger partial charge in [0.2, 0.25) is 0 Å². The number of thiophene rings is 1. The molecule has 21 heavy (non-hydrogen) atoms. The van der Waals surface area contributed by atoms with Crippen molar-refractivity contribution in [2.75, 3.05) is 26.7 Å². The predicted molar refractivity (Wildman–Crippen MR) is 88.3 cm³/mol. The number of ether oxygens (including phenoxy) is 1. The molecule has 1 atom stereocenters. The Morgan fingerprint density at radius 3 is 3.00 bits per heavy atom. The van der Waals surface area contributed by atoms with Crippen molar-refractivity contribution in [2.45, 2.75) is 12.6 Å². The molecule has 1 fully saturated rings. The standard InChI is InChI=1S/C16H19ClN2OS/c1-20-15-5-3-2-4-12(15)14-10-18-7-8-19(14)11-16-13(17)6-9-21-16/h2-6,9,14,18H,7-8,10-11H2,1H3. The zero-order valence-corrected chi connectivity index (χ0v) is 13.6. The maximum Gasteiger partial charge on any atom is 0.123 e. The number of nitrogens with one attached hydrogen (secondary N) is 1. The first-order valence-electron chi connectivity index (χ1n) is 7.09. The maximum atomic E-state index is 6.25. The summed E-state index contributed by atoms with van der Waals surface area (Å²) < 4.78 is 5.53. The normalized spacial score (nSPS) is 19.6. The third-order valence-electron chi connectivity index (χ3n) is 3.89. The van der Waals surface area contributed by atoms with Crippen molar-refractivity contribution in [3.8, 4) is 5.75 Å². The van der Waals surface area contributed by atoms with Gasteiger partial charge in [-0.15, -0.1) is 11.3 Å². The molecule has 1 aromatic carbocycles. The number of hydrogen-bond acceptors (Lipinski definition) is 4. The molecule has 0 amide bonds. The third kappa shape index (κ3) is 3.24. The number of methoxy groups -OCH3 is 1. The van der Waals surface area contributed by atoms with Crippen molar-refractivity contribution >= 4 is 22.9 Å². The van der Waals surface area contributed by atoms with Gasteiger partial charge in [-0.25, -0.2) is 0 Å². The maximum absolute atomic E-state index is 6.25. The van der Waals surface area contributed by atoms with Crippen LogP contribution in [0.5, 0.6) is 5.75 Å². The van der Waals surface area contributed by atoms with Gasteiger partial charge in [-0.2, -0.15) is 0 Å². The molecule has 1 N–H and O–H groups in total. The summed E-state index contributed by atoms with van der Waals surface area (Å²) in [6.07, 6.45) is 0. The highest BCUT2D eigenvalue weighted by Gasteiger charge is 2.26. The third-order valence-corrected chi connectivity index (χ3v) is 5.26. The van der Waals surface area contributed by atoms with Crippen molar-refractivity contribution in [2.24, 2.45) is 0 Å². The summed E-state index contributed by atoms with van der Waals surface area (Å²) >= 11 is 7.98. The van der Waals surface area contributed by atoms with Gasteiger partial charge >= 0.3 is 0 Å². The van der Waals surface area contributed by atoms with Crippen LogP contribution in [0.25, 0.3) is 0 Å². The summed E-state index contributed by atoms with van der Waals surface area (Å²) in [4.78, 5) is 3.71. The Balaban J connectivity index is 1.86. The largest absolute Gasteiger partial charge is 0.496 e. The molecular formula is C16H19ClN2OS. The van der Waals surface area contributed by atoms with Crippen LogP contribution in [0.4, 0.5) is 0 Å². The molecule has 112 valence electrons. The lowest BCUT2D eigenvalue weighted by Crippen LogP contribution is -2.45. The Labute approximate surface area is 134 Å². The van der Waals surface area contributed by atoms with Crippen LogP contribution in [-0.4, -0.2) is 31.6 Å². The average Bonchev–Trinajstić information content (AvgIpc) is 2.93. The zero-order chi connectivity index (χ0) is 14.7. The summed E-state index contributed by atoms with van der Waals surface area (Å²) in [5.74, 6) is 0.952. The lowest BCUT2D eigenvalue weighted by molar-refractivity contribution is 0.152. The summed E-state index contributed by atoms with van der Waals surface area (Å²) in [7, 11) is 1.73. The van der Waals surface area contributed by atoms with E-state index in [2.05, 4.69) is 27.7 Å². The molecule has 1 aliphatic heterocycles. The van der Waals surface area contributed by atoms with E-state index in [9.17, 15) is 0 Å². The minimum Gasteiger partial charge on any atom is -0.496 e. The summed E-state index contributed by atoms with van der Waals surface area (Å²) in [6, 6.07) is 10.6. The molecule has 0 bridgehead atoms. The first-order chi connectivity index (χ1) is 10.3. The van der Waals surface area contributed by atoms with E-state index in [1.165, 1.54) is 10.4 Å². The van der Waals surface area contributed by atoms with Gasteiger partial charge in [0, 0.05) is 36.6 Å². The molecule has 1 saturated heterocycles. The number of piperazine rings is 1. The summed E-state index contributed by atoms with van der Waals surface area (Å²) in [5.41, 5.74) is 1.24. The zero-order valence-electron chi connectivity index (χ0n) is 12.0. The molecule has 1 aromatic heterocycles. The van der Waals surface area contributed by atoms with Crippen LogP contribution >= 0.6 is 22.9 Å². The second-order valence-corrected chi connectivity index (χ2v) is 6.53. The molecule has 2 aromatic rings. The van der Waals surface area contributed by atoms with E-state index in [0.29, 0.717) is 6.04 Å². The van der Waals surface area contributed by atoms with Gasteiger partial charge in [0.25, 0.3) is 0 Å². The van der Waals surface area contributed by atoms with E-state index < -0.39 is 0 Å². The number of benzene rings is 1. The molecule has 3 rings (SSSR count). The van der Waals surface area contributed by atoms with Crippen LogP contribution in [-0.2, 0) is 6.54 Å². The van der Waals surface area contributed by atoms with Crippen LogP contribution in [0.3, 0.4) is 0 Å². The molecule has 2 heterocycles. The van der Waals surface area contributed by atoms with Gasteiger partial charge in [0.05, 0.1) is 18.2 Å². The molecule has 3 nitrogen and oxygen atoms in total. The average molecular weight is 323 g/mol. The summed E-state index contributed by atoms with van der Waals surface area (Å²) in [5, 5.41) is 6.41. The minimum absolute atomic E-state index is 0.313. The van der Waals surface area contributed by atoms with E-state index in [-0.39, 0.29) is 0 Å². The van der Waals surface area contributed by atoms with Crippen LogP contribution in [0.1, 0.15) is 16.5 Å². The van der Waals surface area contributed by atoms with Crippen molar-refractivity contribution in [3.05, 3.63) is 51.2 Å². The number of nitrogens with zero attached hydrogens (tertiary/aromatic N) is 1. The Hall–Kier alpha value is -1.07. The van der Waals surface area contributed by atoms with Gasteiger partial charge in [-0.1, -0.05) is 29.8 Å². The number of para-hydroxylation sites is 1. The fraction of sp³-hybridized carbons (Fsp3) is 0.375. The Kier molecular flexibility index (Phi) is 4.80. The molecule has 0 spiro atoms. The van der Waals surface area contributed by atoms with Crippen LogP contribution in [0.15, 0.2) is 35.7 Å². The lowest BCUT2D eigenvalue weighted by atomic mass is 10.0. The van der Waals surface area contributed by atoms with Crippen molar-refractivity contribution < 1.29 is 4.74 Å². The summed E-state index contributed by atoms with van der Waals surface area (Å²) in [6.45, 7) is 3.84. The minimum atomic E-state index is 0.313. The Bertz CT molecular complexity index is 601. The fourth-order valence-corrected chi connectivity index (χ4v) is 3.93. The van der Waals surface area contributed by atoms with Gasteiger partial charge in [-0.3, -0.25) is 4.90 Å². The number of rotatable bonds is 4. The Morgan fingerprint density at radius 1 is 1.38 bits per heavy atom. The number of halogens is 1. The molecule has 1 aliphatic rings. The molecule has 0 saturated carbocycles. The molecule has 0 radical (unpaired) electrons. The van der Waals surface area contributed by atoms with Crippen LogP contribution in [0, 0.1) is 0 Å². The molecule has 0 aliphatic carbocycles. The fourth-order valence-electron chi connectivity index (χ4n) is 2.81. The van der Waals surface area contributed by atoms with Gasteiger partial charge in [-0.05, 0) is 17.5 Å². The monoisotopic (exact) mass is 322 g/mol. The molecule has 5 heteroatoms. The lowest BCUT2D eigenvalue weighted by Gasteiger charge is -2.36. The SMILES string of the molecule is COc1ccccc1C1CNCCN1Cc1sccc1Cl. The highest BCUT2D eigenvalue weighted by molar-refractivity contribution is 7.10. The second-order valence-electron chi connectivity index (χ2n) is 5.12. The predicted octanol–water partition coefficient (Wildman–Crippen LogP) is 3.56. The smallest absolute Gasteiger partial charge is 0.123 e. The van der Waals surface area contributed by atoms with Crippen molar-refractivity contribution in [3.63, 3.8) is 0 Å². The highest BCUT2D eigenvalue weighted by atomic mass is 35.5. The van der Waals surface area contributed by atoms with Crippen molar-refractivity contribution in [1.29, 1.82) is 0 Å². The van der Waals surface area contributed by atoms with E-state index in [1.54, 1.807) is 18.4 Å². The van der Waals surface area contributed by atoms with E-state index >= 15 is 0 Å². The first kappa shape index (κ1) is 14.9. The van der Waals surface area contributed by atoms with Gasteiger partial charge in [0.1, 0.15) is 5.75 Å². The number of hydrogen-bond donors (Lipinski definition) is 1. The van der Waals surface area contributed by atoms with Crippen LogP contribution in [0.2, 0.25) is 5.02 Å². The highest BCUT2D eigenvalue weighted by Crippen LogP contribution is 2.33. The van der Waals surface area contributed by atoms with E-state index in [1.807, 2.05) is 18.2 Å². The van der Waals surface area contributed by atoms with E-state index in [4.69, 9.17) is 16.3 Å².